The second-order valence-electron chi connectivity index (χ2n) is 7.39. The van der Waals surface area contributed by atoms with E-state index in [1.807, 2.05) is 41.0 Å². The van der Waals surface area contributed by atoms with Gasteiger partial charge < -0.3 is 14.2 Å². The summed E-state index contributed by atoms with van der Waals surface area (Å²) >= 11 is 11.3. The third kappa shape index (κ3) is 4.43. The third-order valence-corrected chi connectivity index (χ3v) is 7.15. The minimum Gasteiger partial charge on any atom is -0.466 e. The maximum absolute atomic E-state index is 13.5. The van der Waals surface area contributed by atoms with Gasteiger partial charge in [-0.1, -0.05) is 23.7 Å². The Labute approximate surface area is 192 Å². The summed E-state index contributed by atoms with van der Waals surface area (Å²) in [5.74, 6) is -0.519. The number of thiophene rings is 1. The zero-order valence-electron chi connectivity index (χ0n) is 16.6. The Kier molecular flexibility index (Phi) is 6.51. The molecule has 0 saturated carbocycles. The van der Waals surface area contributed by atoms with Crippen molar-refractivity contribution in [1.29, 1.82) is 0 Å². The molecule has 0 spiro atoms. The van der Waals surface area contributed by atoms with Crippen molar-refractivity contribution in [1.82, 2.24) is 9.47 Å². The zero-order chi connectivity index (χ0) is 21.3. The number of carbonyl (C=O) groups is 2. The van der Waals surface area contributed by atoms with E-state index in [-0.39, 0.29) is 17.8 Å². The molecule has 0 radical (unpaired) electrons. The lowest BCUT2D eigenvalue weighted by atomic mass is 9.98. The largest absolute Gasteiger partial charge is 0.466 e. The van der Waals surface area contributed by atoms with Crippen molar-refractivity contribution in [2.24, 2.45) is 5.92 Å². The summed E-state index contributed by atoms with van der Waals surface area (Å²) in [5, 5.41) is 0.670. The highest BCUT2D eigenvalue weighted by Crippen LogP contribution is 2.34. The number of esters is 1. The number of aromatic nitrogens is 1. The molecule has 0 bridgehead atoms. The van der Waals surface area contributed by atoms with E-state index < -0.39 is 0 Å². The number of likely N-dealkylation sites (tertiary alicyclic amines) is 1. The van der Waals surface area contributed by atoms with Crippen LogP contribution in [0, 0.1) is 5.92 Å². The highest BCUT2D eigenvalue weighted by Gasteiger charge is 2.31. The van der Waals surface area contributed by atoms with Crippen molar-refractivity contribution < 1.29 is 14.3 Å². The maximum atomic E-state index is 13.5. The molecule has 1 saturated heterocycles. The molecule has 0 aliphatic carbocycles. The van der Waals surface area contributed by atoms with Gasteiger partial charge in [0, 0.05) is 24.7 Å². The average molecular weight is 510 g/mol. The van der Waals surface area contributed by atoms with Crippen molar-refractivity contribution >= 4 is 61.0 Å². The smallest absolute Gasteiger partial charge is 0.310 e. The fourth-order valence-electron chi connectivity index (χ4n) is 3.95. The van der Waals surface area contributed by atoms with Gasteiger partial charge in [-0.05, 0) is 65.5 Å². The molecule has 30 heavy (non-hydrogen) atoms. The van der Waals surface area contributed by atoms with Gasteiger partial charge in [-0.25, -0.2) is 0 Å². The lowest BCUT2D eigenvalue weighted by Gasteiger charge is -2.31. The number of hydrogen-bond donors (Lipinski definition) is 0. The van der Waals surface area contributed by atoms with Crippen LogP contribution in [0.4, 0.5) is 0 Å². The summed E-state index contributed by atoms with van der Waals surface area (Å²) < 4.78 is 9.29. The predicted octanol–water partition coefficient (Wildman–Crippen LogP) is 5.58. The van der Waals surface area contributed by atoms with Gasteiger partial charge in [0.2, 0.25) is 0 Å². The van der Waals surface area contributed by atoms with Crippen molar-refractivity contribution in [3.8, 4) is 0 Å². The Hall–Kier alpha value is -1.83. The minimum absolute atomic E-state index is 0.0504. The van der Waals surface area contributed by atoms with Gasteiger partial charge in [0.1, 0.15) is 5.69 Å². The molecule has 4 rings (SSSR count). The van der Waals surface area contributed by atoms with Gasteiger partial charge in [0.25, 0.3) is 5.91 Å². The molecule has 1 atom stereocenters. The number of benzene rings is 1. The first-order chi connectivity index (χ1) is 14.5. The number of fused-ring (bicyclic) bond motifs is 1. The molecule has 8 heteroatoms. The van der Waals surface area contributed by atoms with Crippen molar-refractivity contribution in [3.63, 3.8) is 0 Å². The molecule has 3 aromatic rings. The van der Waals surface area contributed by atoms with Gasteiger partial charge in [-0.2, -0.15) is 0 Å². The van der Waals surface area contributed by atoms with E-state index in [0.29, 0.717) is 37.0 Å². The zero-order valence-corrected chi connectivity index (χ0v) is 19.7. The molecule has 1 aromatic carbocycles. The van der Waals surface area contributed by atoms with Crippen LogP contribution in [0.5, 0.6) is 0 Å². The molecule has 158 valence electrons. The molecule has 1 fully saturated rings. The molecule has 3 heterocycles. The van der Waals surface area contributed by atoms with E-state index in [9.17, 15) is 9.59 Å². The first-order valence-corrected chi connectivity index (χ1v) is 11.9. The van der Waals surface area contributed by atoms with Gasteiger partial charge in [-0.3, -0.25) is 9.59 Å². The Morgan fingerprint density at radius 3 is 2.90 bits per heavy atom. The van der Waals surface area contributed by atoms with Crippen molar-refractivity contribution in [2.75, 3.05) is 19.7 Å². The SMILES string of the molecule is CCOC(=O)C1CCCN(C(=O)c2cc3sc(Br)cc3n2Cc2cccc(Cl)c2)C1. The van der Waals surface area contributed by atoms with Crippen LogP contribution in [0.15, 0.2) is 40.2 Å². The first-order valence-electron chi connectivity index (χ1n) is 9.95. The van der Waals surface area contributed by atoms with Crippen LogP contribution in [-0.2, 0) is 16.1 Å². The number of hydrogen-bond acceptors (Lipinski definition) is 4. The van der Waals surface area contributed by atoms with E-state index in [0.717, 1.165) is 32.4 Å². The van der Waals surface area contributed by atoms with Crippen molar-refractivity contribution in [2.45, 2.75) is 26.3 Å². The van der Waals surface area contributed by atoms with Gasteiger partial charge in [0.05, 0.1) is 26.5 Å². The lowest BCUT2D eigenvalue weighted by Crippen LogP contribution is -2.43. The molecule has 1 aliphatic heterocycles. The number of ether oxygens (including phenoxy) is 1. The molecule has 1 aliphatic rings. The van der Waals surface area contributed by atoms with E-state index in [1.165, 1.54) is 0 Å². The van der Waals surface area contributed by atoms with Crippen LogP contribution in [0.2, 0.25) is 5.02 Å². The molecular formula is C22H22BrClN2O3S. The highest BCUT2D eigenvalue weighted by molar-refractivity contribution is 9.11. The van der Waals surface area contributed by atoms with E-state index in [2.05, 4.69) is 15.9 Å². The van der Waals surface area contributed by atoms with Crippen LogP contribution in [0.1, 0.15) is 35.8 Å². The van der Waals surface area contributed by atoms with Gasteiger partial charge in [-0.15, -0.1) is 11.3 Å². The summed E-state index contributed by atoms with van der Waals surface area (Å²) in [6, 6.07) is 11.7. The van der Waals surface area contributed by atoms with Crippen LogP contribution < -0.4 is 0 Å². The summed E-state index contributed by atoms with van der Waals surface area (Å²) in [4.78, 5) is 27.5. The topological polar surface area (TPSA) is 51.5 Å². The fourth-order valence-corrected chi connectivity index (χ4v) is 5.73. The Bertz CT molecular complexity index is 1090. The fraction of sp³-hybridized carbons (Fsp3) is 0.364. The maximum Gasteiger partial charge on any atom is 0.310 e. The first kappa shape index (κ1) is 21.4. The van der Waals surface area contributed by atoms with E-state index in [1.54, 1.807) is 23.2 Å². The highest BCUT2D eigenvalue weighted by atomic mass is 79.9. The molecule has 1 unspecified atom stereocenters. The standard InChI is InChI=1S/C22H22BrClN2O3S/c1-2-29-22(28)15-6-4-8-25(13-15)21(27)18-10-19-17(11-20(23)30-19)26(18)12-14-5-3-7-16(24)9-14/h3,5,7,9-11,15H,2,4,6,8,12-13H2,1H3. The number of nitrogens with zero attached hydrogens (tertiary/aromatic N) is 2. The summed E-state index contributed by atoms with van der Waals surface area (Å²) in [6.07, 6.45) is 1.55. The summed E-state index contributed by atoms with van der Waals surface area (Å²) in [6.45, 7) is 3.75. The number of piperidine rings is 1. The third-order valence-electron chi connectivity index (χ3n) is 5.34. The number of amides is 1. The molecule has 0 N–H and O–H groups in total. The second-order valence-corrected chi connectivity index (χ2v) is 10.3. The summed E-state index contributed by atoms with van der Waals surface area (Å²) in [7, 11) is 0. The quantitative estimate of drug-likeness (QED) is 0.422. The molecule has 5 nitrogen and oxygen atoms in total. The predicted molar refractivity (Wildman–Crippen MR) is 123 cm³/mol. The molecule has 1 amide bonds. The van der Waals surface area contributed by atoms with Crippen LogP contribution >= 0.6 is 38.9 Å². The minimum atomic E-state index is -0.255. The van der Waals surface area contributed by atoms with Crippen LogP contribution in [-0.4, -0.2) is 41.0 Å². The number of rotatable bonds is 5. The lowest BCUT2D eigenvalue weighted by molar-refractivity contribution is -0.149. The Balaban J connectivity index is 1.65. The molecule has 2 aromatic heterocycles. The van der Waals surface area contributed by atoms with E-state index in [4.69, 9.17) is 16.3 Å². The summed E-state index contributed by atoms with van der Waals surface area (Å²) in [5.41, 5.74) is 2.67. The van der Waals surface area contributed by atoms with Crippen LogP contribution in [0.3, 0.4) is 0 Å². The van der Waals surface area contributed by atoms with Crippen LogP contribution in [0.25, 0.3) is 10.2 Å². The monoisotopic (exact) mass is 508 g/mol. The van der Waals surface area contributed by atoms with Gasteiger partial charge >= 0.3 is 5.97 Å². The van der Waals surface area contributed by atoms with Crippen molar-refractivity contribution in [3.05, 3.63) is 56.5 Å². The normalized spacial score (nSPS) is 16.8. The van der Waals surface area contributed by atoms with E-state index >= 15 is 0 Å². The van der Waals surface area contributed by atoms with Gasteiger partial charge in [0.15, 0.2) is 0 Å². The second kappa shape index (κ2) is 9.12. The number of carbonyl (C=O) groups excluding carboxylic acids is 2. The Morgan fingerprint density at radius 2 is 2.13 bits per heavy atom. The average Bonchev–Trinajstić information content (AvgIpc) is 3.25. The number of halogens is 2. The Morgan fingerprint density at radius 1 is 1.30 bits per heavy atom. The molecular weight excluding hydrogens is 488 g/mol.